The number of allylic oxidation sites excluding steroid dienone is 2. The third kappa shape index (κ3) is 4.80. The van der Waals surface area contributed by atoms with E-state index in [1.807, 2.05) is 13.0 Å². The summed E-state index contributed by atoms with van der Waals surface area (Å²) in [4.78, 5) is 24.0. The molecule has 35 heavy (non-hydrogen) atoms. The van der Waals surface area contributed by atoms with Gasteiger partial charge in [-0.15, -0.1) is 0 Å². The topological polar surface area (TPSA) is 82.1 Å². The van der Waals surface area contributed by atoms with Gasteiger partial charge in [0.1, 0.15) is 5.82 Å². The lowest BCUT2D eigenvalue weighted by molar-refractivity contribution is -0.135. The van der Waals surface area contributed by atoms with Crippen LogP contribution in [0, 0.1) is 5.82 Å². The molecule has 0 saturated heterocycles. The zero-order valence-electron chi connectivity index (χ0n) is 19.4. The standard InChI is InChI=1S/C28H23FO6/c1-16-21(20-10-9-19(29)14-23(20)22(16)15-26(30)31)11-17-12-24(33-2)27(25(13-17)34-3)35-28(32)18-7-5-4-6-8-18/h4-14H,15H2,1-3H3,(H,30,31). The van der Waals surface area contributed by atoms with Crippen LogP contribution in [0.4, 0.5) is 4.39 Å². The van der Waals surface area contributed by atoms with Crippen molar-refractivity contribution in [3.63, 3.8) is 0 Å². The maximum absolute atomic E-state index is 14.0. The average molecular weight is 474 g/mol. The molecule has 7 heteroatoms. The number of fused-ring (bicyclic) bond motifs is 1. The fourth-order valence-electron chi connectivity index (χ4n) is 4.11. The van der Waals surface area contributed by atoms with Crippen molar-refractivity contribution in [1.29, 1.82) is 0 Å². The van der Waals surface area contributed by atoms with E-state index in [9.17, 15) is 19.1 Å². The number of rotatable bonds is 7. The van der Waals surface area contributed by atoms with Crippen LogP contribution in [0.25, 0.3) is 17.2 Å². The van der Waals surface area contributed by atoms with E-state index in [1.165, 1.54) is 26.4 Å². The highest BCUT2D eigenvalue weighted by molar-refractivity contribution is 6.07. The van der Waals surface area contributed by atoms with Crippen LogP contribution in [-0.4, -0.2) is 31.3 Å². The summed E-state index contributed by atoms with van der Waals surface area (Å²) in [7, 11) is 2.91. The van der Waals surface area contributed by atoms with Gasteiger partial charge in [0.15, 0.2) is 11.5 Å². The predicted molar refractivity (Wildman–Crippen MR) is 130 cm³/mol. The number of carbonyl (C=O) groups is 2. The number of methoxy groups -OCH3 is 2. The first-order valence-corrected chi connectivity index (χ1v) is 10.8. The molecule has 3 aromatic carbocycles. The molecule has 0 atom stereocenters. The van der Waals surface area contributed by atoms with E-state index >= 15 is 0 Å². The molecule has 0 aliphatic heterocycles. The number of ether oxygens (including phenoxy) is 3. The summed E-state index contributed by atoms with van der Waals surface area (Å²) in [5.74, 6) is -1.29. The molecule has 0 heterocycles. The second-order valence-corrected chi connectivity index (χ2v) is 7.93. The molecule has 1 N–H and O–H groups in total. The number of halogens is 1. The minimum absolute atomic E-state index is 0.138. The molecule has 1 aliphatic rings. The molecular formula is C28H23FO6. The molecule has 0 unspecified atom stereocenters. The first-order valence-electron chi connectivity index (χ1n) is 10.8. The first-order chi connectivity index (χ1) is 16.8. The largest absolute Gasteiger partial charge is 0.493 e. The summed E-state index contributed by atoms with van der Waals surface area (Å²) in [5, 5.41) is 9.36. The summed E-state index contributed by atoms with van der Waals surface area (Å²) < 4.78 is 30.5. The Morgan fingerprint density at radius 2 is 1.60 bits per heavy atom. The van der Waals surface area contributed by atoms with Crippen LogP contribution >= 0.6 is 0 Å². The van der Waals surface area contributed by atoms with Crippen molar-refractivity contribution >= 4 is 29.2 Å². The Labute approximate surface area is 201 Å². The fraction of sp³-hybridized carbons (Fsp3) is 0.143. The van der Waals surface area contributed by atoms with E-state index in [4.69, 9.17) is 14.2 Å². The van der Waals surface area contributed by atoms with Gasteiger partial charge in [0.05, 0.1) is 26.2 Å². The van der Waals surface area contributed by atoms with Gasteiger partial charge < -0.3 is 19.3 Å². The second kappa shape index (κ2) is 9.85. The third-order valence-corrected chi connectivity index (χ3v) is 5.78. The molecule has 0 fully saturated rings. The normalized spacial score (nSPS) is 13.5. The van der Waals surface area contributed by atoms with Crippen molar-refractivity contribution in [2.75, 3.05) is 14.2 Å². The zero-order chi connectivity index (χ0) is 25.1. The Bertz CT molecular complexity index is 1350. The van der Waals surface area contributed by atoms with E-state index in [2.05, 4.69) is 0 Å². The number of carbonyl (C=O) groups excluding carboxylic acids is 1. The Morgan fingerprint density at radius 1 is 0.943 bits per heavy atom. The molecule has 1 aliphatic carbocycles. The molecule has 0 amide bonds. The van der Waals surface area contributed by atoms with E-state index in [0.29, 0.717) is 22.3 Å². The average Bonchev–Trinajstić information content (AvgIpc) is 3.09. The van der Waals surface area contributed by atoms with Gasteiger partial charge in [0.2, 0.25) is 5.75 Å². The molecule has 0 bridgehead atoms. The van der Waals surface area contributed by atoms with Crippen molar-refractivity contribution in [2.45, 2.75) is 13.3 Å². The predicted octanol–water partition coefficient (Wildman–Crippen LogP) is 5.86. The van der Waals surface area contributed by atoms with Crippen LogP contribution in [0.2, 0.25) is 0 Å². The van der Waals surface area contributed by atoms with E-state index < -0.39 is 17.8 Å². The molecule has 6 nitrogen and oxygen atoms in total. The van der Waals surface area contributed by atoms with Gasteiger partial charge in [-0.05, 0) is 82.8 Å². The van der Waals surface area contributed by atoms with Crippen LogP contribution in [-0.2, 0) is 4.79 Å². The maximum atomic E-state index is 14.0. The van der Waals surface area contributed by atoms with E-state index in [0.717, 1.165) is 16.7 Å². The first kappa shape index (κ1) is 23.8. The van der Waals surface area contributed by atoms with Crippen LogP contribution in [0.15, 0.2) is 66.2 Å². The third-order valence-electron chi connectivity index (χ3n) is 5.78. The van der Waals surface area contributed by atoms with E-state index in [-0.39, 0.29) is 23.7 Å². The summed E-state index contributed by atoms with van der Waals surface area (Å²) in [6.45, 7) is 1.81. The highest BCUT2D eigenvalue weighted by Crippen LogP contribution is 2.45. The van der Waals surface area contributed by atoms with Gasteiger partial charge >= 0.3 is 11.9 Å². The lowest BCUT2D eigenvalue weighted by atomic mass is 10.00. The van der Waals surface area contributed by atoms with E-state index in [1.54, 1.807) is 48.5 Å². The molecular weight excluding hydrogens is 451 g/mol. The Balaban J connectivity index is 1.78. The Hall–Kier alpha value is -4.39. The van der Waals surface area contributed by atoms with Gasteiger partial charge in [-0.2, -0.15) is 0 Å². The van der Waals surface area contributed by atoms with Gasteiger partial charge in [-0.25, -0.2) is 9.18 Å². The van der Waals surface area contributed by atoms with Gasteiger partial charge in [-0.3, -0.25) is 4.79 Å². The maximum Gasteiger partial charge on any atom is 0.343 e. The van der Waals surface area contributed by atoms with Crippen molar-refractivity contribution < 1.29 is 33.3 Å². The number of carboxylic acids is 1. The highest BCUT2D eigenvalue weighted by atomic mass is 19.1. The number of hydrogen-bond acceptors (Lipinski definition) is 5. The number of benzene rings is 3. The summed E-state index contributed by atoms with van der Waals surface area (Å²) >= 11 is 0. The Kier molecular flexibility index (Phi) is 6.68. The SMILES string of the molecule is COc1cc(C=C2C(C)=C(CC(=O)O)c3cc(F)ccc32)cc(OC)c1OC(=O)c1ccccc1. The second-order valence-electron chi connectivity index (χ2n) is 7.93. The van der Waals surface area contributed by atoms with Gasteiger partial charge in [0.25, 0.3) is 0 Å². The highest BCUT2D eigenvalue weighted by Gasteiger charge is 2.26. The molecule has 0 radical (unpaired) electrons. The van der Waals surface area contributed by atoms with Crippen molar-refractivity contribution in [3.05, 3.63) is 94.3 Å². The van der Waals surface area contributed by atoms with Crippen LogP contribution in [0.1, 0.15) is 40.4 Å². The monoisotopic (exact) mass is 474 g/mol. The molecule has 0 saturated carbocycles. The summed E-state index contributed by atoms with van der Waals surface area (Å²) in [6, 6.07) is 16.3. The molecule has 0 aromatic heterocycles. The van der Waals surface area contributed by atoms with Crippen LogP contribution in [0.3, 0.4) is 0 Å². The fourth-order valence-corrected chi connectivity index (χ4v) is 4.11. The summed E-state index contributed by atoms with van der Waals surface area (Å²) in [5.41, 5.74) is 4.40. The van der Waals surface area contributed by atoms with Crippen LogP contribution in [0.5, 0.6) is 17.2 Å². The van der Waals surface area contributed by atoms with Crippen molar-refractivity contribution in [2.24, 2.45) is 0 Å². The smallest absolute Gasteiger partial charge is 0.343 e. The molecule has 3 aromatic rings. The van der Waals surface area contributed by atoms with Crippen molar-refractivity contribution in [1.82, 2.24) is 0 Å². The van der Waals surface area contributed by atoms with Gasteiger partial charge in [-0.1, -0.05) is 24.3 Å². The van der Waals surface area contributed by atoms with Gasteiger partial charge in [0, 0.05) is 0 Å². The minimum atomic E-state index is -0.997. The number of esters is 1. The number of aliphatic carboxylic acids is 1. The number of carboxylic acid groups (broad SMARTS) is 1. The van der Waals surface area contributed by atoms with Crippen LogP contribution < -0.4 is 14.2 Å². The molecule has 0 spiro atoms. The molecule has 178 valence electrons. The summed E-state index contributed by atoms with van der Waals surface area (Å²) in [6.07, 6.45) is 1.62. The quantitative estimate of drug-likeness (QED) is 0.341. The lowest BCUT2D eigenvalue weighted by Gasteiger charge is -2.15. The lowest BCUT2D eigenvalue weighted by Crippen LogP contribution is -2.10. The molecule has 4 rings (SSSR count). The van der Waals surface area contributed by atoms with Crippen molar-refractivity contribution in [3.8, 4) is 17.2 Å². The minimum Gasteiger partial charge on any atom is -0.493 e. The zero-order valence-corrected chi connectivity index (χ0v) is 19.4. The number of hydrogen-bond donors (Lipinski definition) is 1. The Morgan fingerprint density at radius 3 is 2.20 bits per heavy atom.